The highest BCUT2D eigenvalue weighted by Crippen LogP contribution is 2.51. The van der Waals surface area contributed by atoms with Crippen LogP contribution in [-0.4, -0.2) is 75.5 Å². The van der Waals surface area contributed by atoms with Crippen LogP contribution in [0, 0.1) is 0 Å². The van der Waals surface area contributed by atoms with Gasteiger partial charge in [0, 0.05) is 49.9 Å². The molecule has 5 rings (SSSR count). The number of carbonyl (C=O) groups excluding carboxylic acids is 3. The molecule has 1 aromatic heterocycles. The molecule has 3 aliphatic heterocycles. The maximum absolute atomic E-state index is 12.9. The van der Waals surface area contributed by atoms with Crippen LogP contribution in [0.4, 0.5) is 0 Å². The first-order valence-corrected chi connectivity index (χ1v) is 13.9. The lowest BCUT2D eigenvalue weighted by Crippen LogP contribution is -2.52. The SMILES string of the molecule is C[P]1(O)CCN(Cc2ccnc(-c3ccc4c(c3)CN(C3CCC(=O)NC3=O)C4=O)c2)CC1. The van der Waals surface area contributed by atoms with Gasteiger partial charge in [-0.05, 0) is 68.3 Å². The molecule has 1 aromatic carbocycles. The van der Waals surface area contributed by atoms with Gasteiger partial charge in [0.25, 0.3) is 5.91 Å². The summed E-state index contributed by atoms with van der Waals surface area (Å²) in [7, 11) is -1.70. The molecule has 3 amide bonds. The van der Waals surface area contributed by atoms with Crippen molar-refractivity contribution in [3.63, 3.8) is 0 Å². The van der Waals surface area contributed by atoms with Crippen molar-refractivity contribution in [3.8, 4) is 11.3 Å². The predicted molar refractivity (Wildman–Crippen MR) is 126 cm³/mol. The summed E-state index contributed by atoms with van der Waals surface area (Å²) in [6, 6.07) is 9.18. The van der Waals surface area contributed by atoms with Crippen molar-refractivity contribution in [2.45, 2.75) is 32.0 Å². The number of carbonyl (C=O) groups is 3. The van der Waals surface area contributed by atoms with E-state index in [-0.39, 0.29) is 18.2 Å². The van der Waals surface area contributed by atoms with Gasteiger partial charge in [-0.3, -0.25) is 29.6 Å². The summed E-state index contributed by atoms with van der Waals surface area (Å²) in [5.74, 6) is -0.856. The van der Waals surface area contributed by atoms with Crippen molar-refractivity contribution in [2.24, 2.45) is 0 Å². The summed E-state index contributed by atoms with van der Waals surface area (Å²) in [6.45, 7) is 5.01. The fraction of sp³-hybridized carbons (Fsp3) is 0.417. The van der Waals surface area contributed by atoms with Crippen molar-refractivity contribution in [2.75, 3.05) is 32.1 Å². The van der Waals surface area contributed by atoms with Crippen LogP contribution in [0.15, 0.2) is 36.5 Å². The van der Waals surface area contributed by atoms with Crippen LogP contribution < -0.4 is 5.32 Å². The Kier molecular flexibility index (Phi) is 5.77. The molecule has 3 aliphatic rings. The van der Waals surface area contributed by atoms with E-state index in [0.29, 0.717) is 18.5 Å². The molecule has 0 spiro atoms. The van der Waals surface area contributed by atoms with Crippen molar-refractivity contribution < 1.29 is 19.3 Å². The normalized spacial score (nSPS) is 22.9. The largest absolute Gasteiger partial charge is 0.380 e. The van der Waals surface area contributed by atoms with Crippen LogP contribution >= 0.6 is 7.49 Å². The lowest BCUT2D eigenvalue weighted by atomic mass is 10.0. The number of imide groups is 1. The molecule has 1 atom stereocenters. The Morgan fingerprint density at radius 1 is 1.15 bits per heavy atom. The minimum absolute atomic E-state index is 0.170. The average Bonchev–Trinajstić information content (AvgIpc) is 3.11. The Balaban J connectivity index is 1.32. The maximum Gasteiger partial charge on any atom is 0.255 e. The third-order valence-electron chi connectivity index (χ3n) is 6.85. The maximum atomic E-state index is 12.9. The van der Waals surface area contributed by atoms with Crippen molar-refractivity contribution in [1.29, 1.82) is 0 Å². The molecular formula is C24H28N4O4P. The molecule has 2 N–H and O–H groups in total. The standard InChI is InChI=1S/C24H28N4O4P/c1-33(32)10-8-27(9-11-33)14-16-6-7-25-20(12-16)17-2-3-19-18(13-17)15-28(24(19)31)21-4-5-22(29)26-23(21)30/h2-3,6-7,12-13,21,32H,4-5,8-11,14-15H2,1H3,(H,26,29,30). The second kappa shape index (κ2) is 8.60. The second-order valence-corrected chi connectivity index (χ2v) is 13.0. The molecule has 173 valence electrons. The zero-order valence-electron chi connectivity index (χ0n) is 18.7. The van der Waals surface area contributed by atoms with Gasteiger partial charge in [-0.1, -0.05) is 6.07 Å². The minimum Gasteiger partial charge on any atom is -0.380 e. The van der Waals surface area contributed by atoms with Crippen molar-refractivity contribution in [3.05, 3.63) is 53.2 Å². The van der Waals surface area contributed by atoms with Crippen LogP contribution in [0.1, 0.15) is 34.3 Å². The molecule has 4 heterocycles. The zero-order chi connectivity index (χ0) is 23.2. The van der Waals surface area contributed by atoms with Crippen molar-refractivity contribution in [1.82, 2.24) is 20.1 Å². The first kappa shape index (κ1) is 22.1. The number of rotatable bonds is 4. The van der Waals surface area contributed by atoms with Crippen LogP contribution in [0.2, 0.25) is 0 Å². The van der Waals surface area contributed by atoms with E-state index in [0.717, 1.165) is 48.8 Å². The topological polar surface area (TPSA) is 103 Å². The molecule has 2 saturated heterocycles. The van der Waals surface area contributed by atoms with Gasteiger partial charge in [0.05, 0.1) is 5.69 Å². The van der Waals surface area contributed by atoms with Gasteiger partial charge in [0.1, 0.15) is 6.04 Å². The monoisotopic (exact) mass is 467 g/mol. The van der Waals surface area contributed by atoms with E-state index in [9.17, 15) is 19.3 Å². The Bertz CT molecular complexity index is 1130. The number of aromatic nitrogens is 1. The Labute approximate surface area is 193 Å². The van der Waals surface area contributed by atoms with Crippen LogP contribution in [0.25, 0.3) is 11.3 Å². The van der Waals surface area contributed by atoms with Crippen LogP contribution in [-0.2, 0) is 22.7 Å². The highest BCUT2D eigenvalue weighted by Gasteiger charge is 2.39. The highest BCUT2D eigenvalue weighted by molar-refractivity contribution is 7.69. The molecule has 0 aliphatic carbocycles. The summed E-state index contributed by atoms with van der Waals surface area (Å²) in [5.41, 5.74) is 4.42. The van der Waals surface area contributed by atoms with Gasteiger partial charge in [-0.2, -0.15) is 0 Å². The van der Waals surface area contributed by atoms with Gasteiger partial charge in [-0.15, -0.1) is 0 Å². The number of pyridine rings is 1. The number of nitrogens with zero attached hydrogens (tertiary/aromatic N) is 3. The fourth-order valence-electron chi connectivity index (χ4n) is 4.82. The first-order valence-electron chi connectivity index (χ1n) is 11.3. The fourth-order valence-corrected chi connectivity index (χ4v) is 6.47. The van der Waals surface area contributed by atoms with Crippen LogP contribution in [0.3, 0.4) is 0 Å². The molecule has 9 heteroatoms. The summed E-state index contributed by atoms with van der Waals surface area (Å²) in [6.07, 6.45) is 4.18. The molecule has 33 heavy (non-hydrogen) atoms. The minimum atomic E-state index is -1.70. The van der Waals surface area contributed by atoms with E-state index < -0.39 is 19.4 Å². The number of hydrogen-bond donors (Lipinski definition) is 2. The molecule has 2 fully saturated rings. The molecule has 1 radical (unpaired) electrons. The molecule has 2 aromatic rings. The van der Waals surface area contributed by atoms with E-state index in [1.807, 2.05) is 37.1 Å². The van der Waals surface area contributed by atoms with Gasteiger partial charge < -0.3 is 9.79 Å². The summed E-state index contributed by atoms with van der Waals surface area (Å²) < 4.78 is 0. The number of hydrogen-bond acceptors (Lipinski definition) is 6. The Morgan fingerprint density at radius 2 is 1.94 bits per heavy atom. The number of nitrogens with one attached hydrogen (secondary N) is 1. The van der Waals surface area contributed by atoms with Crippen molar-refractivity contribution >= 4 is 25.2 Å². The number of fused-ring (bicyclic) bond motifs is 1. The summed E-state index contributed by atoms with van der Waals surface area (Å²) in [4.78, 5) is 55.4. The lowest BCUT2D eigenvalue weighted by molar-refractivity contribution is -0.136. The molecule has 8 nitrogen and oxygen atoms in total. The third kappa shape index (κ3) is 4.56. The number of benzene rings is 1. The Hall–Kier alpha value is -2.67. The quantitative estimate of drug-likeness (QED) is 0.526. The third-order valence-corrected chi connectivity index (χ3v) is 9.17. The molecule has 1 unspecified atom stereocenters. The molecule has 0 bridgehead atoms. The predicted octanol–water partition coefficient (Wildman–Crippen LogP) is 1.88. The van der Waals surface area contributed by atoms with E-state index in [1.165, 1.54) is 5.56 Å². The Morgan fingerprint density at radius 3 is 2.70 bits per heavy atom. The molecule has 0 saturated carbocycles. The number of piperidine rings is 1. The van der Waals surface area contributed by atoms with Crippen LogP contribution in [0.5, 0.6) is 0 Å². The summed E-state index contributed by atoms with van der Waals surface area (Å²) in [5, 5.41) is 2.34. The van der Waals surface area contributed by atoms with Gasteiger partial charge in [-0.25, -0.2) is 0 Å². The van der Waals surface area contributed by atoms with Gasteiger partial charge in [0.2, 0.25) is 11.8 Å². The van der Waals surface area contributed by atoms with E-state index in [2.05, 4.69) is 21.3 Å². The zero-order valence-corrected chi connectivity index (χ0v) is 19.6. The van der Waals surface area contributed by atoms with E-state index in [4.69, 9.17) is 0 Å². The number of amides is 3. The van der Waals surface area contributed by atoms with Gasteiger partial charge in [0.15, 0.2) is 0 Å². The summed E-state index contributed by atoms with van der Waals surface area (Å²) >= 11 is 0. The molecular weight excluding hydrogens is 439 g/mol. The second-order valence-electron chi connectivity index (χ2n) is 9.38. The first-order chi connectivity index (χ1) is 15.8. The average molecular weight is 467 g/mol. The van der Waals surface area contributed by atoms with E-state index >= 15 is 0 Å². The smallest absolute Gasteiger partial charge is 0.255 e. The lowest BCUT2D eigenvalue weighted by Gasteiger charge is -2.37. The van der Waals surface area contributed by atoms with E-state index in [1.54, 1.807) is 4.90 Å². The van der Waals surface area contributed by atoms with Gasteiger partial charge >= 0.3 is 0 Å². The highest BCUT2D eigenvalue weighted by atomic mass is 31.2.